The van der Waals surface area contributed by atoms with E-state index in [0.29, 0.717) is 10.0 Å². The molecule has 0 spiro atoms. The lowest BCUT2D eigenvalue weighted by Crippen LogP contribution is -2.25. The minimum Gasteiger partial charge on any atom is -0.255 e. The minimum absolute atomic E-state index is 0.493. The summed E-state index contributed by atoms with van der Waals surface area (Å²) in [4.78, 5) is 4.47. The maximum atomic E-state index is 5.98. The Morgan fingerprint density at radius 2 is 1.86 bits per heavy atom. The van der Waals surface area contributed by atoms with Crippen molar-refractivity contribution in [1.29, 1.82) is 0 Å². The van der Waals surface area contributed by atoms with Gasteiger partial charge in [0.1, 0.15) is 0 Å². The lowest BCUT2D eigenvalue weighted by atomic mass is 10.1. The molecule has 21 heavy (non-hydrogen) atoms. The molecule has 1 heterocycles. The van der Waals surface area contributed by atoms with E-state index in [-0.39, 0.29) is 0 Å². The number of hydrogen-bond acceptors (Lipinski definition) is 3. The summed E-state index contributed by atoms with van der Waals surface area (Å²) in [5.74, 6) is 0.775. The van der Waals surface area contributed by atoms with Crippen molar-refractivity contribution < 1.29 is 0 Å². The Hall–Kier alpha value is -1.49. The number of aliphatic imine (C=N–C) groups is 1. The maximum Gasteiger partial charge on any atom is 0.182 e. The van der Waals surface area contributed by atoms with Gasteiger partial charge in [-0.2, -0.15) is 5.10 Å². The van der Waals surface area contributed by atoms with Gasteiger partial charge in [0, 0.05) is 5.75 Å². The minimum atomic E-state index is 0.493. The number of benzene rings is 2. The fourth-order valence-corrected chi connectivity index (χ4v) is 2.90. The third-order valence-electron chi connectivity index (χ3n) is 2.87. The Morgan fingerprint density at radius 1 is 1.05 bits per heavy atom. The Morgan fingerprint density at radius 3 is 2.52 bits per heavy atom. The molecule has 0 atom stereocenters. The van der Waals surface area contributed by atoms with Gasteiger partial charge in [-0.05, 0) is 23.8 Å². The normalized spacial score (nSPS) is 16.5. The molecule has 2 aromatic rings. The van der Waals surface area contributed by atoms with Crippen molar-refractivity contribution in [2.75, 3.05) is 5.75 Å². The highest BCUT2D eigenvalue weighted by Gasteiger charge is 2.12. The van der Waals surface area contributed by atoms with Crippen LogP contribution in [0.3, 0.4) is 0 Å². The Balaban J connectivity index is 1.77. The van der Waals surface area contributed by atoms with Crippen LogP contribution in [0.1, 0.15) is 5.56 Å². The second-order valence-electron chi connectivity index (χ2n) is 4.34. The van der Waals surface area contributed by atoms with Gasteiger partial charge in [0.2, 0.25) is 0 Å². The molecule has 0 radical (unpaired) electrons. The predicted octanol–water partition coefficient (Wildman–Crippen LogP) is 4.72. The largest absolute Gasteiger partial charge is 0.255 e. The third kappa shape index (κ3) is 3.59. The molecule has 1 aliphatic heterocycles. The molecule has 0 amide bonds. The SMILES string of the molecule is Clc1ccc(N=C2NN=C(c3ccccc3)CS2)cc1Cl. The number of rotatable bonds is 2. The summed E-state index contributed by atoms with van der Waals surface area (Å²) >= 11 is 13.5. The molecule has 6 heteroatoms. The van der Waals surface area contributed by atoms with Gasteiger partial charge < -0.3 is 0 Å². The van der Waals surface area contributed by atoms with Crippen molar-refractivity contribution in [3.63, 3.8) is 0 Å². The molecule has 106 valence electrons. The van der Waals surface area contributed by atoms with Gasteiger partial charge in [0.15, 0.2) is 5.17 Å². The average Bonchev–Trinajstić information content (AvgIpc) is 2.53. The van der Waals surface area contributed by atoms with Crippen LogP contribution >= 0.6 is 35.0 Å². The Kier molecular flexibility index (Phi) is 4.48. The molecule has 0 aliphatic carbocycles. The Bertz CT molecular complexity index is 714. The van der Waals surface area contributed by atoms with Crippen LogP contribution in [0.25, 0.3) is 0 Å². The van der Waals surface area contributed by atoms with Crippen LogP contribution in [0.15, 0.2) is 58.6 Å². The first-order valence-electron chi connectivity index (χ1n) is 6.27. The highest BCUT2D eigenvalue weighted by atomic mass is 35.5. The number of nitrogens with one attached hydrogen (secondary N) is 1. The van der Waals surface area contributed by atoms with Gasteiger partial charge in [-0.3, -0.25) is 5.43 Å². The van der Waals surface area contributed by atoms with Crippen LogP contribution < -0.4 is 5.43 Å². The molecule has 0 aromatic heterocycles. The third-order valence-corrected chi connectivity index (χ3v) is 4.49. The van der Waals surface area contributed by atoms with E-state index >= 15 is 0 Å². The molecule has 1 N–H and O–H groups in total. The summed E-state index contributed by atoms with van der Waals surface area (Å²) in [6.45, 7) is 0. The molecular formula is C15H11Cl2N3S. The average molecular weight is 336 g/mol. The first-order chi connectivity index (χ1) is 10.2. The van der Waals surface area contributed by atoms with Gasteiger partial charge in [-0.15, -0.1) is 0 Å². The zero-order valence-electron chi connectivity index (χ0n) is 10.9. The number of nitrogens with zero attached hydrogens (tertiary/aromatic N) is 2. The zero-order valence-corrected chi connectivity index (χ0v) is 13.2. The Labute approximate surface area is 137 Å². The first kappa shape index (κ1) is 14.4. The van der Waals surface area contributed by atoms with Crippen molar-refractivity contribution in [2.45, 2.75) is 0 Å². The molecule has 1 aliphatic rings. The van der Waals surface area contributed by atoms with E-state index in [0.717, 1.165) is 27.9 Å². The first-order valence-corrected chi connectivity index (χ1v) is 8.01. The van der Waals surface area contributed by atoms with E-state index in [1.165, 1.54) is 0 Å². The van der Waals surface area contributed by atoms with Crippen LogP contribution in [-0.2, 0) is 0 Å². The zero-order chi connectivity index (χ0) is 14.7. The van der Waals surface area contributed by atoms with E-state index in [4.69, 9.17) is 23.2 Å². The van der Waals surface area contributed by atoms with E-state index in [9.17, 15) is 0 Å². The van der Waals surface area contributed by atoms with Crippen LogP contribution in [0, 0.1) is 0 Å². The highest BCUT2D eigenvalue weighted by Crippen LogP contribution is 2.27. The van der Waals surface area contributed by atoms with Gasteiger partial charge in [-0.25, -0.2) is 4.99 Å². The molecule has 2 aromatic carbocycles. The van der Waals surface area contributed by atoms with E-state index in [2.05, 4.69) is 15.5 Å². The fraction of sp³-hybridized carbons (Fsp3) is 0.0667. The summed E-state index contributed by atoms with van der Waals surface area (Å²) in [5.41, 5.74) is 5.85. The predicted molar refractivity (Wildman–Crippen MR) is 92.1 cm³/mol. The highest BCUT2D eigenvalue weighted by molar-refractivity contribution is 8.14. The molecule has 3 rings (SSSR count). The summed E-state index contributed by atoms with van der Waals surface area (Å²) < 4.78 is 0. The standard InChI is InChI=1S/C15H11Cl2N3S/c16-12-7-6-11(8-13(12)17)18-15-20-19-14(9-21-15)10-4-2-1-3-5-10/h1-8H,9H2,(H,18,20). The monoisotopic (exact) mass is 335 g/mol. The molecule has 0 unspecified atom stereocenters. The van der Waals surface area contributed by atoms with Gasteiger partial charge in [0.25, 0.3) is 0 Å². The number of hydrazone groups is 1. The van der Waals surface area contributed by atoms with Crippen molar-refractivity contribution in [2.24, 2.45) is 10.1 Å². The molecule has 0 bridgehead atoms. The van der Waals surface area contributed by atoms with Gasteiger partial charge in [0.05, 0.1) is 21.4 Å². The van der Waals surface area contributed by atoms with Crippen molar-refractivity contribution >= 4 is 51.5 Å². The molecule has 0 fully saturated rings. The van der Waals surface area contributed by atoms with Crippen molar-refractivity contribution in [1.82, 2.24) is 5.43 Å². The second kappa shape index (κ2) is 6.52. The van der Waals surface area contributed by atoms with E-state index in [1.54, 1.807) is 23.9 Å². The van der Waals surface area contributed by atoms with Gasteiger partial charge >= 0.3 is 0 Å². The van der Waals surface area contributed by atoms with Crippen molar-refractivity contribution in [3.8, 4) is 0 Å². The summed E-state index contributed by atoms with van der Waals surface area (Å²) in [6, 6.07) is 15.4. The maximum absolute atomic E-state index is 5.98. The molecule has 0 saturated heterocycles. The lowest BCUT2D eigenvalue weighted by Gasteiger charge is -2.14. The summed E-state index contributed by atoms with van der Waals surface area (Å²) in [5, 5.41) is 6.13. The van der Waals surface area contributed by atoms with Crippen LogP contribution in [-0.4, -0.2) is 16.6 Å². The van der Waals surface area contributed by atoms with Gasteiger partial charge in [-0.1, -0.05) is 65.3 Å². The van der Waals surface area contributed by atoms with Crippen LogP contribution in [0.4, 0.5) is 5.69 Å². The van der Waals surface area contributed by atoms with E-state index < -0.39 is 0 Å². The fourth-order valence-electron chi connectivity index (χ4n) is 1.82. The molecule has 0 saturated carbocycles. The number of hydrogen-bond donors (Lipinski definition) is 1. The van der Waals surface area contributed by atoms with Crippen LogP contribution in [0.2, 0.25) is 10.0 Å². The number of halogens is 2. The molecular weight excluding hydrogens is 325 g/mol. The summed E-state index contributed by atoms with van der Waals surface area (Å²) in [6.07, 6.45) is 0. The second-order valence-corrected chi connectivity index (χ2v) is 6.12. The quantitative estimate of drug-likeness (QED) is 0.861. The smallest absolute Gasteiger partial charge is 0.182 e. The lowest BCUT2D eigenvalue weighted by molar-refractivity contribution is 1.03. The van der Waals surface area contributed by atoms with Crippen LogP contribution in [0.5, 0.6) is 0 Å². The van der Waals surface area contributed by atoms with Crippen molar-refractivity contribution in [3.05, 3.63) is 64.1 Å². The van der Waals surface area contributed by atoms with E-state index in [1.807, 2.05) is 36.4 Å². The number of amidine groups is 1. The topological polar surface area (TPSA) is 36.8 Å². The molecule has 3 nitrogen and oxygen atoms in total. The summed E-state index contributed by atoms with van der Waals surface area (Å²) in [7, 11) is 0. The number of thioether (sulfide) groups is 1.